The third kappa shape index (κ3) is 3.14. The highest BCUT2D eigenvalue weighted by Gasteiger charge is 2.21. The minimum atomic E-state index is -0.430. The van der Waals surface area contributed by atoms with Crippen LogP contribution in [-0.4, -0.2) is 29.9 Å². The van der Waals surface area contributed by atoms with Crippen LogP contribution < -0.4 is 4.74 Å². The molecule has 2 rings (SSSR count). The van der Waals surface area contributed by atoms with E-state index in [1.807, 2.05) is 25.3 Å². The average Bonchev–Trinajstić information content (AvgIpc) is 2.82. The molecule has 0 N–H and O–H groups in total. The molecule has 1 aromatic carbocycles. The van der Waals surface area contributed by atoms with Gasteiger partial charge in [-0.25, -0.2) is 9.37 Å². The van der Waals surface area contributed by atoms with E-state index in [4.69, 9.17) is 21.1 Å². The Morgan fingerprint density at radius 2 is 2.10 bits per heavy atom. The highest BCUT2D eigenvalue weighted by atomic mass is 35.5. The molecular formula is C15H20ClFN2O2. The molecule has 21 heavy (non-hydrogen) atoms. The summed E-state index contributed by atoms with van der Waals surface area (Å²) in [4.78, 5) is 4.46. The van der Waals surface area contributed by atoms with E-state index >= 15 is 0 Å². The van der Waals surface area contributed by atoms with Crippen LogP contribution in [0.1, 0.15) is 38.0 Å². The number of methoxy groups -OCH3 is 1. The molecule has 0 aliphatic heterocycles. The van der Waals surface area contributed by atoms with E-state index in [-0.39, 0.29) is 17.2 Å². The number of hydrogen-bond donors (Lipinski definition) is 0. The molecule has 4 nitrogen and oxygen atoms in total. The average molecular weight is 315 g/mol. The van der Waals surface area contributed by atoms with Crippen molar-refractivity contribution in [2.75, 3.05) is 20.3 Å². The maximum atomic E-state index is 13.8. The summed E-state index contributed by atoms with van der Waals surface area (Å²) in [7, 11) is 1.44. The van der Waals surface area contributed by atoms with Crippen LogP contribution in [-0.2, 0) is 4.74 Å². The van der Waals surface area contributed by atoms with Gasteiger partial charge in [0, 0.05) is 18.7 Å². The fourth-order valence-corrected chi connectivity index (χ4v) is 2.53. The van der Waals surface area contributed by atoms with Gasteiger partial charge in [-0.1, -0.05) is 0 Å². The summed E-state index contributed by atoms with van der Waals surface area (Å²) in [5, 5.41) is -0.282. The van der Waals surface area contributed by atoms with E-state index in [0.29, 0.717) is 24.6 Å². The lowest BCUT2D eigenvalue weighted by molar-refractivity contribution is 0.119. The SMILES string of the molecule is CCOCC(C)n1c(C(C)Cl)nc2cc(F)c(OC)cc21. The second-order valence-electron chi connectivity index (χ2n) is 4.94. The largest absolute Gasteiger partial charge is 0.494 e. The van der Waals surface area contributed by atoms with Gasteiger partial charge in [0.2, 0.25) is 0 Å². The first-order valence-electron chi connectivity index (χ1n) is 6.96. The topological polar surface area (TPSA) is 36.3 Å². The summed E-state index contributed by atoms with van der Waals surface area (Å²) in [6.07, 6.45) is 0. The summed E-state index contributed by atoms with van der Waals surface area (Å²) < 4.78 is 26.4. The smallest absolute Gasteiger partial charge is 0.167 e. The number of halogens is 2. The van der Waals surface area contributed by atoms with Gasteiger partial charge in [-0.15, -0.1) is 11.6 Å². The van der Waals surface area contributed by atoms with Crippen LogP contribution in [0.25, 0.3) is 11.0 Å². The minimum absolute atomic E-state index is 0.0429. The number of imidazole rings is 1. The third-order valence-electron chi connectivity index (χ3n) is 3.35. The predicted molar refractivity (Wildman–Crippen MR) is 81.7 cm³/mol. The number of ether oxygens (including phenoxy) is 2. The number of aromatic nitrogens is 2. The van der Waals surface area contributed by atoms with Crippen molar-refractivity contribution in [3.05, 3.63) is 23.8 Å². The lowest BCUT2D eigenvalue weighted by Crippen LogP contribution is -2.15. The molecule has 0 radical (unpaired) electrons. The van der Waals surface area contributed by atoms with Crippen LogP contribution in [0.3, 0.4) is 0 Å². The molecule has 0 aliphatic rings. The Bertz CT molecular complexity index is 628. The Hall–Kier alpha value is -1.33. The highest BCUT2D eigenvalue weighted by Crippen LogP contribution is 2.31. The fraction of sp³-hybridized carbons (Fsp3) is 0.533. The van der Waals surface area contributed by atoms with E-state index in [0.717, 1.165) is 5.52 Å². The van der Waals surface area contributed by atoms with Gasteiger partial charge in [0.25, 0.3) is 0 Å². The van der Waals surface area contributed by atoms with Crippen LogP contribution in [0.4, 0.5) is 4.39 Å². The summed E-state index contributed by atoms with van der Waals surface area (Å²) in [6.45, 7) is 7.00. The van der Waals surface area contributed by atoms with E-state index in [1.54, 1.807) is 6.07 Å². The number of nitrogens with zero attached hydrogens (tertiary/aromatic N) is 2. The van der Waals surface area contributed by atoms with Crippen molar-refractivity contribution < 1.29 is 13.9 Å². The zero-order valence-electron chi connectivity index (χ0n) is 12.7. The number of benzene rings is 1. The number of rotatable bonds is 6. The summed E-state index contributed by atoms with van der Waals surface area (Å²) in [5.74, 6) is 0.466. The molecule has 6 heteroatoms. The molecule has 2 aromatic rings. The monoisotopic (exact) mass is 314 g/mol. The normalized spacial score (nSPS) is 14.4. The van der Waals surface area contributed by atoms with Gasteiger partial charge in [-0.2, -0.15) is 0 Å². The Balaban J connectivity index is 2.60. The maximum absolute atomic E-state index is 13.8. The van der Waals surface area contributed by atoms with Crippen LogP contribution >= 0.6 is 11.6 Å². The standard InChI is InChI=1S/C15H20ClFN2O2/c1-5-21-8-9(2)19-13-7-14(20-4)11(17)6-12(13)18-15(19)10(3)16/h6-7,9-10H,5,8H2,1-4H3. The number of fused-ring (bicyclic) bond motifs is 1. The Labute approximate surface area is 128 Å². The molecule has 0 bridgehead atoms. The van der Waals surface area contributed by atoms with Gasteiger partial charge in [0.15, 0.2) is 11.6 Å². The van der Waals surface area contributed by atoms with Crippen LogP contribution in [0.15, 0.2) is 12.1 Å². The molecule has 2 unspecified atom stereocenters. The molecule has 0 amide bonds. The second kappa shape index (κ2) is 6.62. The van der Waals surface area contributed by atoms with Crippen molar-refractivity contribution in [2.24, 2.45) is 0 Å². The molecule has 1 aromatic heterocycles. The molecule has 0 saturated carbocycles. The minimum Gasteiger partial charge on any atom is -0.494 e. The Morgan fingerprint density at radius 3 is 2.67 bits per heavy atom. The second-order valence-corrected chi connectivity index (χ2v) is 5.59. The highest BCUT2D eigenvalue weighted by molar-refractivity contribution is 6.20. The zero-order valence-corrected chi connectivity index (χ0v) is 13.4. The van der Waals surface area contributed by atoms with Gasteiger partial charge >= 0.3 is 0 Å². The summed E-state index contributed by atoms with van der Waals surface area (Å²) >= 11 is 6.22. The van der Waals surface area contributed by atoms with Crippen molar-refractivity contribution >= 4 is 22.6 Å². The van der Waals surface area contributed by atoms with Crippen LogP contribution in [0.2, 0.25) is 0 Å². The van der Waals surface area contributed by atoms with E-state index in [9.17, 15) is 4.39 Å². The van der Waals surface area contributed by atoms with Gasteiger partial charge in [-0.05, 0) is 20.8 Å². The van der Waals surface area contributed by atoms with Crippen molar-refractivity contribution in [3.8, 4) is 5.75 Å². The number of alkyl halides is 1. The molecule has 0 saturated heterocycles. The molecule has 0 fully saturated rings. The summed E-state index contributed by atoms with van der Waals surface area (Å²) in [6, 6.07) is 3.07. The van der Waals surface area contributed by atoms with Gasteiger partial charge in [-0.3, -0.25) is 0 Å². The molecule has 1 heterocycles. The molecule has 0 aliphatic carbocycles. The van der Waals surface area contributed by atoms with E-state index in [2.05, 4.69) is 4.98 Å². The molecular weight excluding hydrogens is 295 g/mol. The molecule has 0 spiro atoms. The van der Waals surface area contributed by atoms with E-state index in [1.165, 1.54) is 13.2 Å². The van der Waals surface area contributed by atoms with Crippen molar-refractivity contribution in [1.29, 1.82) is 0 Å². The first-order chi connectivity index (χ1) is 9.99. The summed E-state index contributed by atoms with van der Waals surface area (Å²) in [5.41, 5.74) is 1.36. The van der Waals surface area contributed by atoms with Gasteiger partial charge in [0.05, 0.1) is 36.2 Å². The predicted octanol–water partition coefficient (Wildman–Crippen LogP) is 4.08. The Kier molecular flexibility index (Phi) is 5.06. The third-order valence-corrected chi connectivity index (χ3v) is 3.55. The van der Waals surface area contributed by atoms with Crippen LogP contribution in [0.5, 0.6) is 5.75 Å². The first kappa shape index (κ1) is 16.0. The van der Waals surface area contributed by atoms with Crippen molar-refractivity contribution in [1.82, 2.24) is 9.55 Å². The maximum Gasteiger partial charge on any atom is 0.167 e. The number of hydrogen-bond acceptors (Lipinski definition) is 3. The van der Waals surface area contributed by atoms with Gasteiger partial charge < -0.3 is 14.0 Å². The van der Waals surface area contributed by atoms with Crippen LogP contribution in [0, 0.1) is 5.82 Å². The lowest BCUT2D eigenvalue weighted by Gasteiger charge is -2.18. The molecule has 116 valence electrons. The quantitative estimate of drug-likeness (QED) is 0.754. The zero-order chi connectivity index (χ0) is 15.6. The molecule has 2 atom stereocenters. The van der Waals surface area contributed by atoms with Gasteiger partial charge in [0.1, 0.15) is 5.82 Å². The van der Waals surface area contributed by atoms with E-state index < -0.39 is 5.82 Å². The fourth-order valence-electron chi connectivity index (χ4n) is 2.38. The lowest BCUT2D eigenvalue weighted by atomic mass is 10.2. The van der Waals surface area contributed by atoms with Crippen molar-refractivity contribution in [2.45, 2.75) is 32.2 Å². The Morgan fingerprint density at radius 1 is 1.38 bits per heavy atom. The van der Waals surface area contributed by atoms with Crippen molar-refractivity contribution in [3.63, 3.8) is 0 Å². The first-order valence-corrected chi connectivity index (χ1v) is 7.40.